The van der Waals surface area contributed by atoms with Crippen molar-refractivity contribution in [1.82, 2.24) is 20.1 Å². The third-order valence-electron chi connectivity index (χ3n) is 6.04. The minimum absolute atomic E-state index is 0.0191. The highest BCUT2D eigenvalue weighted by atomic mass is 35.5. The smallest absolute Gasteiger partial charge is 0.252 e. The Balaban J connectivity index is 1.46. The van der Waals surface area contributed by atoms with Crippen molar-refractivity contribution in [2.75, 3.05) is 13.7 Å². The fourth-order valence-corrected chi connectivity index (χ4v) is 4.35. The summed E-state index contributed by atoms with van der Waals surface area (Å²) < 4.78 is 13.2. The van der Waals surface area contributed by atoms with Crippen molar-refractivity contribution in [3.05, 3.63) is 89.2 Å². The van der Waals surface area contributed by atoms with Gasteiger partial charge in [0.1, 0.15) is 18.0 Å². The Labute approximate surface area is 227 Å². The summed E-state index contributed by atoms with van der Waals surface area (Å²) in [6.07, 6.45) is 3.12. The minimum Gasteiger partial charge on any atom is -0.485 e. The second-order valence-electron chi connectivity index (χ2n) is 8.60. The first-order valence-electron chi connectivity index (χ1n) is 11.8. The van der Waals surface area contributed by atoms with Crippen molar-refractivity contribution in [3.63, 3.8) is 0 Å². The summed E-state index contributed by atoms with van der Waals surface area (Å²) in [5.41, 5.74) is 6.64. The highest BCUT2D eigenvalue weighted by molar-refractivity contribution is 6.31. The first-order chi connectivity index (χ1) is 18.8. The van der Waals surface area contributed by atoms with Crippen LogP contribution in [0.1, 0.15) is 20.7 Å². The molecule has 5 rings (SSSR count). The van der Waals surface area contributed by atoms with Crippen molar-refractivity contribution >= 4 is 50.9 Å². The van der Waals surface area contributed by atoms with Gasteiger partial charge in [-0.05, 0) is 53.2 Å². The number of ketones is 1. The number of halogens is 1. The number of benzene rings is 3. The summed E-state index contributed by atoms with van der Waals surface area (Å²) in [7, 11) is 1.53. The number of carbonyl (C=O) groups excluding carboxylic acids is 3. The van der Waals surface area contributed by atoms with Gasteiger partial charge in [-0.25, -0.2) is 0 Å². The number of hydrogen-bond donors (Lipinski definition) is 2. The number of fused-ring (bicyclic) bond motifs is 2. The molecule has 3 aromatic carbocycles. The topological polar surface area (TPSA) is 138 Å². The number of Topliss-reactive ketones (excluding diaryl/α,β-unsaturated/α-hetero) is 1. The van der Waals surface area contributed by atoms with E-state index < -0.39 is 5.91 Å². The standard InChI is InChI=1S/C28H22ClN5O5/c1-31-26(36)14-34-13-22(20-7-6-19(12-23(20)34)39-27-3-2-8-32-33-27)24(35)15-38-25-11-16-4-5-18(29)9-17(16)10-21(25)28(30)37/h2-13H,14-15H2,1H3,(H2,30,37)(H,31,36). The van der Waals surface area contributed by atoms with Gasteiger partial charge < -0.3 is 25.1 Å². The largest absolute Gasteiger partial charge is 0.485 e. The maximum absolute atomic E-state index is 13.3. The zero-order valence-corrected chi connectivity index (χ0v) is 21.4. The molecule has 0 fully saturated rings. The van der Waals surface area contributed by atoms with Gasteiger partial charge in [-0.15, -0.1) is 5.10 Å². The molecule has 0 aliphatic heterocycles. The summed E-state index contributed by atoms with van der Waals surface area (Å²) in [6.45, 7) is -0.384. The Kier molecular flexibility index (Phi) is 7.11. The lowest BCUT2D eigenvalue weighted by atomic mass is 10.1. The molecule has 3 N–H and O–H groups in total. The summed E-state index contributed by atoms with van der Waals surface area (Å²) in [5.74, 6) is -0.364. The number of carbonyl (C=O) groups is 3. The van der Waals surface area contributed by atoms with E-state index >= 15 is 0 Å². The van der Waals surface area contributed by atoms with E-state index in [1.54, 1.807) is 71.4 Å². The molecule has 0 bridgehead atoms. The van der Waals surface area contributed by atoms with Crippen molar-refractivity contribution in [2.24, 2.45) is 5.73 Å². The molecule has 2 heterocycles. The molecule has 10 nitrogen and oxygen atoms in total. The zero-order chi connectivity index (χ0) is 27.5. The van der Waals surface area contributed by atoms with E-state index in [1.165, 1.54) is 13.2 Å². The van der Waals surface area contributed by atoms with Gasteiger partial charge in [0.25, 0.3) is 5.91 Å². The maximum atomic E-state index is 13.3. The minimum atomic E-state index is -0.697. The summed E-state index contributed by atoms with van der Waals surface area (Å²) in [6, 6.07) is 16.9. The van der Waals surface area contributed by atoms with Crippen LogP contribution in [0.25, 0.3) is 21.7 Å². The average molecular weight is 544 g/mol. The van der Waals surface area contributed by atoms with Gasteiger partial charge in [0.15, 0.2) is 6.61 Å². The second-order valence-corrected chi connectivity index (χ2v) is 9.04. The van der Waals surface area contributed by atoms with E-state index in [2.05, 4.69) is 15.5 Å². The monoisotopic (exact) mass is 543 g/mol. The quantitative estimate of drug-likeness (QED) is 0.266. The molecule has 196 valence electrons. The first kappa shape index (κ1) is 25.7. The van der Waals surface area contributed by atoms with E-state index in [9.17, 15) is 14.4 Å². The molecule has 0 aliphatic carbocycles. The fraction of sp³-hybridized carbons (Fsp3) is 0.107. The zero-order valence-electron chi connectivity index (χ0n) is 20.7. The average Bonchev–Trinajstić information content (AvgIpc) is 3.29. The lowest BCUT2D eigenvalue weighted by molar-refractivity contribution is -0.121. The van der Waals surface area contributed by atoms with Gasteiger partial charge in [0, 0.05) is 47.5 Å². The fourth-order valence-electron chi connectivity index (χ4n) is 4.17. The van der Waals surface area contributed by atoms with Crippen LogP contribution in [0.2, 0.25) is 5.02 Å². The predicted octanol–water partition coefficient (Wildman–Crippen LogP) is 4.14. The molecule has 2 amide bonds. The molecular formula is C28H22ClN5O5. The molecule has 2 aromatic heterocycles. The third kappa shape index (κ3) is 5.51. The molecular weight excluding hydrogens is 522 g/mol. The predicted molar refractivity (Wildman–Crippen MR) is 145 cm³/mol. The summed E-state index contributed by atoms with van der Waals surface area (Å²) >= 11 is 6.07. The van der Waals surface area contributed by atoms with Crippen molar-refractivity contribution < 1.29 is 23.9 Å². The Morgan fingerprint density at radius 1 is 1.03 bits per heavy atom. The molecule has 5 aromatic rings. The summed E-state index contributed by atoms with van der Waals surface area (Å²) in [4.78, 5) is 37.6. The van der Waals surface area contributed by atoms with Crippen LogP contribution in [0.3, 0.4) is 0 Å². The number of likely N-dealkylation sites (N-methyl/N-ethyl adjacent to an activating group) is 1. The van der Waals surface area contributed by atoms with E-state index in [1.807, 2.05) is 0 Å². The van der Waals surface area contributed by atoms with E-state index in [4.69, 9.17) is 26.8 Å². The Morgan fingerprint density at radius 3 is 2.62 bits per heavy atom. The Bertz CT molecular complexity index is 1740. The van der Waals surface area contributed by atoms with Gasteiger partial charge in [0.2, 0.25) is 17.6 Å². The van der Waals surface area contributed by atoms with Crippen molar-refractivity contribution in [1.29, 1.82) is 0 Å². The summed E-state index contributed by atoms with van der Waals surface area (Å²) in [5, 5.41) is 12.9. The number of hydrogen-bond acceptors (Lipinski definition) is 7. The Hall–Kier alpha value is -4.96. The number of nitrogens with two attached hydrogens (primary N) is 1. The molecule has 0 aliphatic rings. The number of nitrogens with zero attached hydrogens (tertiary/aromatic N) is 3. The number of rotatable bonds is 9. The van der Waals surface area contributed by atoms with Crippen LogP contribution in [0.15, 0.2) is 73.1 Å². The van der Waals surface area contributed by atoms with Crippen LogP contribution in [0.5, 0.6) is 17.4 Å². The molecule has 0 unspecified atom stereocenters. The van der Waals surface area contributed by atoms with Crippen LogP contribution in [0.4, 0.5) is 0 Å². The second kappa shape index (κ2) is 10.8. The van der Waals surface area contributed by atoms with Gasteiger partial charge in [-0.2, -0.15) is 5.10 Å². The number of amides is 2. The number of primary amides is 1. The third-order valence-corrected chi connectivity index (χ3v) is 6.28. The highest BCUT2D eigenvalue weighted by Gasteiger charge is 2.20. The molecule has 0 atom stereocenters. The van der Waals surface area contributed by atoms with Crippen LogP contribution in [-0.4, -0.2) is 46.0 Å². The Morgan fingerprint density at radius 2 is 1.87 bits per heavy atom. The van der Waals surface area contributed by atoms with Crippen LogP contribution in [0, 0.1) is 0 Å². The first-order valence-corrected chi connectivity index (χ1v) is 12.2. The number of ether oxygens (including phenoxy) is 2. The molecule has 0 saturated carbocycles. The molecule has 0 saturated heterocycles. The van der Waals surface area contributed by atoms with Gasteiger partial charge >= 0.3 is 0 Å². The SMILES string of the molecule is CNC(=O)Cn1cc(C(=O)COc2cc3ccc(Cl)cc3cc2C(N)=O)c2ccc(Oc3cccnn3)cc21. The van der Waals surface area contributed by atoms with Crippen molar-refractivity contribution in [2.45, 2.75) is 6.54 Å². The van der Waals surface area contributed by atoms with Crippen LogP contribution in [-0.2, 0) is 11.3 Å². The van der Waals surface area contributed by atoms with E-state index in [0.717, 1.165) is 5.39 Å². The van der Waals surface area contributed by atoms with Gasteiger partial charge in [-0.1, -0.05) is 17.7 Å². The normalized spacial score (nSPS) is 10.9. The molecule has 0 radical (unpaired) electrons. The number of aromatic nitrogens is 3. The van der Waals surface area contributed by atoms with E-state index in [0.29, 0.717) is 38.5 Å². The molecule has 0 spiro atoms. The van der Waals surface area contributed by atoms with Crippen LogP contribution >= 0.6 is 11.6 Å². The molecule has 11 heteroatoms. The van der Waals surface area contributed by atoms with Gasteiger partial charge in [-0.3, -0.25) is 14.4 Å². The maximum Gasteiger partial charge on any atom is 0.252 e. The number of nitrogens with one attached hydrogen (secondary N) is 1. The van der Waals surface area contributed by atoms with Crippen molar-refractivity contribution in [3.8, 4) is 17.4 Å². The highest BCUT2D eigenvalue weighted by Crippen LogP contribution is 2.30. The van der Waals surface area contributed by atoms with Crippen LogP contribution < -0.4 is 20.5 Å². The van der Waals surface area contributed by atoms with Gasteiger partial charge in [0.05, 0.1) is 11.1 Å². The molecule has 39 heavy (non-hydrogen) atoms. The lowest BCUT2D eigenvalue weighted by Crippen LogP contribution is -2.23. The lowest BCUT2D eigenvalue weighted by Gasteiger charge is -2.11. The van der Waals surface area contributed by atoms with E-state index in [-0.39, 0.29) is 36.2 Å².